The number of rotatable bonds is 5. The van der Waals surface area contributed by atoms with Gasteiger partial charge < -0.3 is 14.6 Å². The highest BCUT2D eigenvalue weighted by molar-refractivity contribution is 7.90. The Morgan fingerprint density at radius 1 is 1.18 bits per heavy atom. The van der Waals surface area contributed by atoms with Crippen LogP contribution in [0.3, 0.4) is 0 Å². The monoisotopic (exact) mass is 260 g/mol. The number of aliphatic hydroxyl groups excluding tert-OH is 1. The summed E-state index contributed by atoms with van der Waals surface area (Å²) in [6, 6.07) is 3.08. The maximum atomic E-state index is 11.6. The summed E-state index contributed by atoms with van der Waals surface area (Å²) in [5.74, 6) is 0.533. The van der Waals surface area contributed by atoms with Crippen LogP contribution in [0, 0.1) is 0 Å². The molecule has 0 saturated heterocycles. The third kappa shape index (κ3) is 2.89. The van der Waals surface area contributed by atoms with Crippen molar-refractivity contribution >= 4 is 9.84 Å². The zero-order valence-corrected chi connectivity index (χ0v) is 10.9. The second-order valence-corrected chi connectivity index (χ2v) is 5.52. The quantitative estimate of drug-likeness (QED) is 0.841. The van der Waals surface area contributed by atoms with Crippen LogP contribution in [0.1, 0.15) is 5.56 Å². The van der Waals surface area contributed by atoms with Crippen molar-refractivity contribution in [3.63, 3.8) is 0 Å². The molecular weight excluding hydrogens is 244 g/mol. The molecule has 0 radical (unpaired) electrons. The first-order chi connectivity index (χ1) is 7.95. The van der Waals surface area contributed by atoms with Crippen LogP contribution < -0.4 is 9.47 Å². The van der Waals surface area contributed by atoms with E-state index >= 15 is 0 Å². The van der Waals surface area contributed by atoms with Crippen LogP contribution in [0.4, 0.5) is 0 Å². The molecule has 0 aliphatic heterocycles. The summed E-state index contributed by atoms with van der Waals surface area (Å²) in [5, 5.41) is 8.92. The van der Waals surface area contributed by atoms with Crippen molar-refractivity contribution in [3.05, 3.63) is 17.7 Å². The van der Waals surface area contributed by atoms with Crippen LogP contribution >= 0.6 is 0 Å². The lowest BCUT2D eigenvalue weighted by atomic mass is 10.1. The number of benzene rings is 1. The maximum absolute atomic E-state index is 11.6. The molecule has 1 N–H and O–H groups in total. The number of hydrogen-bond donors (Lipinski definition) is 1. The van der Waals surface area contributed by atoms with Crippen molar-refractivity contribution in [2.24, 2.45) is 0 Å². The van der Waals surface area contributed by atoms with Crippen LogP contribution in [0.2, 0.25) is 0 Å². The summed E-state index contributed by atoms with van der Waals surface area (Å²) >= 11 is 0. The molecule has 96 valence electrons. The Balaban J connectivity index is 3.48. The normalized spacial score (nSPS) is 11.3. The fourth-order valence-corrected chi connectivity index (χ4v) is 2.44. The Morgan fingerprint density at radius 3 is 2.18 bits per heavy atom. The Labute approximate surface area is 101 Å². The molecule has 1 rings (SSSR count). The van der Waals surface area contributed by atoms with Crippen molar-refractivity contribution in [1.29, 1.82) is 0 Å². The van der Waals surface area contributed by atoms with E-state index in [2.05, 4.69) is 0 Å². The average molecular weight is 260 g/mol. The smallest absolute Gasteiger partial charge is 0.179 e. The lowest BCUT2D eigenvalue weighted by Gasteiger charge is -2.15. The standard InChI is InChI=1S/C11H16O5S/c1-15-10-8(6-7-12)4-5-9(11(10)16-2)17(3,13)14/h4-5,12H,6-7H2,1-3H3. The highest BCUT2D eigenvalue weighted by atomic mass is 32.2. The highest BCUT2D eigenvalue weighted by Crippen LogP contribution is 2.37. The summed E-state index contributed by atoms with van der Waals surface area (Å²) in [5.41, 5.74) is 0.708. The minimum Gasteiger partial charge on any atom is -0.493 e. The van der Waals surface area contributed by atoms with Crippen molar-refractivity contribution in [2.75, 3.05) is 27.1 Å². The van der Waals surface area contributed by atoms with Gasteiger partial charge in [-0.25, -0.2) is 8.42 Å². The largest absolute Gasteiger partial charge is 0.493 e. The molecule has 0 atom stereocenters. The van der Waals surface area contributed by atoms with E-state index in [-0.39, 0.29) is 17.3 Å². The molecule has 1 aromatic carbocycles. The number of sulfone groups is 1. The van der Waals surface area contributed by atoms with Gasteiger partial charge in [-0.2, -0.15) is 0 Å². The van der Waals surface area contributed by atoms with Crippen LogP contribution in [0.15, 0.2) is 17.0 Å². The summed E-state index contributed by atoms with van der Waals surface area (Å²) in [6.45, 7) is -0.0439. The van der Waals surface area contributed by atoms with E-state index in [0.29, 0.717) is 17.7 Å². The van der Waals surface area contributed by atoms with Gasteiger partial charge in [-0.05, 0) is 12.5 Å². The van der Waals surface area contributed by atoms with Crippen LogP contribution in [-0.2, 0) is 16.3 Å². The number of hydrogen-bond acceptors (Lipinski definition) is 5. The first-order valence-electron chi connectivity index (χ1n) is 5.00. The fraction of sp³-hybridized carbons (Fsp3) is 0.455. The predicted molar refractivity (Wildman–Crippen MR) is 63.4 cm³/mol. The van der Waals surface area contributed by atoms with E-state index in [0.717, 1.165) is 6.26 Å². The van der Waals surface area contributed by atoms with Gasteiger partial charge in [0.1, 0.15) is 4.90 Å². The van der Waals surface area contributed by atoms with Crippen molar-refractivity contribution in [3.8, 4) is 11.5 Å². The minimum absolute atomic E-state index is 0.0439. The molecule has 0 saturated carbocycles. The van der Waals surface area contributed by atoms with Gasteiger partial charge in [-0.1, -0.05) is 6.07 Å². The summed E-state index contributed by atoms with van der Waals surface area (Å²) in [6.07, 6.45) is 1.49. The third-order valence-electron chi connectivity index (χ3n) is 2.35. The second kappa shape index (κ2) is 5.37. The van der Waals surface area contributed by atoms with Gasteiger partial charge in [0.25, 0.3) is 0 Å². The van der Waals surface area contributed by atoms with Gasteiger partial charge in [0, 0.05) is 18.4 Å². The van der Waals surface area contributed by atoms with Crippen LogP contribution in [-0.4, -0.2) is 40.6 Å². The lowest BCUT2D eigenvalue weighted by Crippen LogP contribution is -2.05. The van der Waals surface area contributed by atoms with E-state index in [9.17, 15) is 8.42 Å². The Kier molecular flexibility index (Phi) is 4.36. The van der Waals surface area contributed by atoms with E-state index in [4.69, 9.17) is 14.6 Å². The molecule has 5 nitrogen and oxygen atoms in total. The fourth-order valence-electron chi connectivity index (χ4n) is 1.61. The van der Waals surface area contributed by atoms with Crippen molar-refractivity contribution in [2.45, 2.75) is 11.3 Å². The zero-order valence-electron chi connectivity index (χ0n) is 10.1. The van der Waals surface area contributed by atoms with Gasteiger partial charge in [0.05, 0.1) is 14.2 Å². The predicted octanol–water partition coefficient (Wildman–Crippen LogP) is 0.642. The van der Waals surface area contributed by atoms with Gasteiger partial charge in [0.2, 0.25) is 0 Å². The second-order valence-electron chi connectivity index (χ2n) is 3.54. The van der Waals surface area contributed by atoms with Crippen LogP contribution in [0.25, 0.3) is 0 Å². The summed E-state index contributed by atoms with van der Waals surface area (Å²) < 4.78 is 33.4. The molecule has 1 aromatic rings. The molecule has 0 spiro atoms. The van der Waals surface area contributed by atoms with Gasteiger partial charge >= 0.3 is 0 Å². The van der Waals surface area contributed by atoms with E-state index in [1.54, 1.807) is 6.07 Å². The molecule has 0 heterocycles. The highest BCUT2D eigenvalue weighted by Gasteiger charge is 2.20. The summed E-state index contributed by atoms with van der Waals surface area (Å²) in [4.78, 5) is 0.0820. The SMILES string of the molecule is COc1c(CCO)ccc(S(C)(=O)=O)c1OC. The first kappa shape index (κ1) is 13.8. The maximum Gasteiger partial charge on any atom is 0.179 e. The Morgan fingerprint density at radius 2 is 1.76 bits per heavy atom. The molecule has 0 fully saturated rings. The lowest BCUT2D eigenvalue weighted by molar-refractivity contribution is 0.294. The first-order valence-corrected chi connectivity index (χ1v) is 6.89. The molecule has 0 aliphatic rings. The molecule has 0 aliphatic carbocycles. The average Bonchev–Trinajstić information content (AvgIpc) is 2.27. The molecule has 0 aromatic heterocycles. The van der Waals surface area contributed by atoms with Crippen molar-refractivity contribution in [1.82, 2.24) is 0 Å². The molecule has 0 amide bonds. The molecule has 0 unspecified atom stereocenters. The third-order valence-corrected chi connectivity index (χ3v) is 3.47. The van der Waals surface area contributed by atoms with Crippen LogP contribution in [0.5, 0.6) is 11.5 Å². The van der Waals surface area contributed by atoms with E-state index in [1.165, 1.54) is 20.3 Å². The molecular formula is C11H16O5S. The van der Waals surface area contributed by atoms with Crippen molar-refractivity contribution < 1.29 is 23.0 Å². The Bertz CT molecular complexity index is 493. The molecule has 0 bridgehead atoms. The molecule has 6 heteroatoms. The topological polar surface area (TPSA) is 72.8 Å². The van der Waals surface area contributed by atoms with E-state index < -0.39 is 9.84 Å². The zero-order chi connectivity index (χ0) is 13.1. The minimum atomic E-state index is -3.38. The summed E-state index contributed by atoms with van der Waals surface area (Å²) in [7, 11) is -0.558. The van der Waals surface area contributed by atoms with Gasteiger partial charge in [-0.15, -0.1) is 0 Å². The van der Waals surface area contributed by atoms with Gasteiger partial charge in [-0.3, -0.25) is 0 Å². The number of aliphatic hydroxyl groups is 1. The number of methoxy groups -OCH3 is 2. The van der Waals surface area contributed by atoms with Gasteiger partial charge in [0.15, 0.2) is 21.3 Å². The number of ether oxygens (including phenoxy) is 2. The Hall–Kier alpha value is -1.27. The van der Waals surface area contributed by atoms with E-state index in [1.807, 2.05) is 0 Å². The molecule has 17 heavy (non-hydrogen) atoms.